The van der Waals surface area contributed by atoms with Crippen LogP contribution in [-0.2, 0) is 14.8 Å². The zero-order valence-electron chi connectivity index (χ0n) is 12.0. The molecule has 118 valence electrons. The number of amides is 1. The van der Waals surface area contributed by atoms with Crippen molar-refractivity contribution in [2.45, 2.75) is 13.3 Å². The summed E-state index contributed by atoms with van der Waals surface area (Å²) in [6.07, 6.45) is 0.800. The zero-order chi connectivity index (χ0) is 15.7. The van der Waals surface area contributed by atoms with Crippen LogP contribution in [0, 0.1) is 0 Å². The van der Waals surface area contributed by atoms with E-state index in [0.717, 1.165) is 6.42 Å². The van der Waals surface area contributed by atoms with Crippen molar-refractivity contribution in [3.8, 4) is 5.75 Å². The lowest BCUT2D eigenvalue weighted by atomic mass is 10.3. The molecule has 8 heteroatoms. The highest BCUT2D eigenvalue weighted by Crippen LogP contribution is 2.12. The largest absolute Gasteiger partial charge is 0.492 e. The van der Waals surface area contributed by atoms with Crippen molar-refractivity contribution in [3.05, 3.63) is 24.3 Å². The van der Waals surface area contributed by atoms with Crippen LogP contribution in [0.5, 0.6) is 5.75 Å². The first kappa shape index (κ1) is 17.3. The fourth-order valence-electron chi connectivity index (χ4n) is 1.41. The van der Waals surface area contributed by atoms with Gasteiger partial charge in [0.1, 0.15) is 12.4 Å². The van der Waals surface area contributed by atoms with Crippen LogP contribution in [0.4, 0.5) is 5.69 Å². The molecule has 7 nitrogen and oxygen atoms in total. The molecular weight excluding hydrogens is 294 g/mol. The average molecular weight is 315 g/mol. The molecule has 0 aliphatic heterocycles. The van der Waals surface area contributed by atoms with Gasteiger partial charge in [0.05, 0.1) is 12.3 Å². The Morgan fingerprint density at radius 3 is 2.57 bits per heavy atom. The van der Waals surface area contributed by atoms with Gasteiger partial charge in [0.15, 0.2) is 0 Å². The molecule has 21 heavy (non-hydrogen) atoms. The number of carbonyl (C=O) groups is 1. The van der Waals surface area contributed by atoms with Gasteiger partial charge in [0.25, 0.3) is 0 Å². The average Bonchev–Trinajstić information content (AvgIpc) is 2.45. The van der Waals surface area contributed by atoms with Crippen LogP contribution in [-0.4, -0.2) is 39.8 Å². The first-order chi connectivity index (χ1) is 9.93. The number of nitrogen functional groups attached to an aromatic ring is 1. The second-order valence-electron chi connectivity index (χ2n) is 4.41. The van der Waals surface area contributed by atoms with E-state index in [4.69, 9.17) is 10.5 Å². The number of nitrogens with two attached hydrogens (primary N) is 1. The van der Waals surface area contributed by atoms with Gasteiger partial charge in [-0.05, 0) is 30.7 Å². The smallest absolute Gasteiger partial charge is 0.235 e. The van der Waals surface area contributed by atoms with E-state index in [1.165, 1.54) is 0 Å². The lowest BCUT2D eigenvalue weighted by Crippen LogP contribution is -2.38. The van der Waals surface area contributed by atoms with E-state index in [1.54, 1.807) is 24.3 Å². The predicted octanol–water partition coefficient (Wildman–Crippen LogP) is 0.0932. The Bertz CT molecular complexity index is 543. The van der Waals surface area contributed by atoms with Crippen molar-refractivity contribution >= 4 is 21.6 Å². The molecule has 0 spiro atoms. The summed E-state index contributed by atoms with van der Waals surface area (Å²) in [7, 11) is -3.54. The van der Waals surface area contributed by atoms with Gasteiger partial charge in [-0.1, -0.05) is 6.92 Å². The van der Waals surface area contributed by atoms with E-state index in [0.29, 0.717) is 18.0 Å². The van der Waals surface area contributed by atoms with Crippen molar-refractivity contribution in [3.63, 3.8) is 0 Å². The summed E-state index contributed by atoms with van der Waals surface area (Å²) in [6.45, 7) is 2.18. The molecule has 1 rings (SSSR count). The van der Waals surface area contributed by atoms with Gasteiger partial charge in [-0.25, -0.2) is 13.1 Å². The van der Waals surface area contributed by atoms with Crippen LogP contribution in [0.2, 0.25) is 0 Å². The minimum absolute atomic E-state index is 0.00414. The third kappa shape index (κ3) is 7.52. The van der Waals surface area contributed by atoms with E-state index >= 15 is 0 Å². The molecule has 1 aromatic carbocycles. The minimum atomic E-state index is -3.54. The number of hydrogen-bond acceptors (Lipinski definition) is 5. The van der Waals surface area contributed by atoms with E-state index < -0.39 is 10.0 Å². The van der Waals surface area contributed by atoms with Crippen molar-refractivity contribution in [1.29, 1.82) is 0 Å². The van der Waals surface area contributed by atoms with Crippen LogP contribution in [0.25, 0.3) is 0 Å². The van der Waals surface area contributed by atoms with Crippen molar-refractivity contribution in [2.24, 2.45) is 0 Å². The number of anilines is 1. The van der Waals surface area contributed by atoms with Gasteiger partial charge in [0, 0.05) is 12.2 Å². The molecular formula is C13H21N3O4S. The highest BCUT2D eigenvalue weighted by atomic mass is 32.2. The van der Waals surface area contributed by atoms with Gasteiger partial charge in [0.2, 0.25) is 15.9 Å². The van der Waals surface area contributed by atoms with Gasteiger partial charge >= 0.3 is 0 Å². The third-order valence-corrected chi connectivity index (χ3v) is 3.81. The molecule has 0 saturated heterocycles. The second kappa shape index (κ2) is 8.48. The fourth-order valence-corrected chi connectivity index (χ4v) is 2.21. The van der Waals surface area contributed by atoms with Crippen molar-refractivity contribution < 1.29 is 17.9 Å². The Morgan fingerprint density at radius 1 is 1.29 bits per heavy atom. The number of benzene rings is 1. The number of hydrogen-bond donors (Lipinski definition) is 3. The van der Waals surface area contributed by atoms with Crippen molar-refractivity contribution in [1.82, 2.24) is 10.0 Å². The fraction of sp³-hybridized carbons (Fsp3) is 0.462. The monoisotopic (exact) mass is 315 g/mol. The quantitative estimate of drug-likeness (QED) is 0.560. The van der Waals surface area contributed by atoms with E-state index in [1.807, 2.05) is 6.92 Å². The van der Waals surface area contributed by atoms with Gasteiger partial charge < -0.3 is 15.8 Å². The summed E-state index contributed by atoms with van der Waals surface area (Å²) in [6, 6.07) is 6.65. The summed E-state index contributed by atoms with van der Waals surface area (Å²) in [5.41, 5.74) is 6.13. The number of nitrogens with one attached hydrogen (secondary N) is 2. The lowest BCUT2D eigenvalue weighted by Gasteiger charge is -2.09. The van der Waals surface area contributed by atoms with E-state index in [-0.39, 0.29) is 24.8 Å². The number of rotatable bonds is 9. The number of sulfonamides is 1. The highest BCUT2D eigenvalue weighted by molar-refractivity contribution is 7.89. The minimum Gasteiger partial charge on any atom is -0.492 e. The molecule has 0 atom stereocenters. The van der Waals surface area contributed by atoms with Crippen LogP contribution in [0.3, 0.4) is 0 Å². The Hall–Kier alpha value is -1.80. The third-order valence-electron chi connectivity index (χ3n) is 2.53. The molecule has 4 N–H and O–H groups in total. The normalized spacial score (nSPS) is 11.1. The summed E-state index contributed by atoms with van der Waals surface area (Å²) in [5, 5.41) is 2.58. The van der Waals surface area contributed by atoms with Crippen LogP contribution in [0.15, 0.2) is 24.3 Å². The predicted molar refractivity (Wildman–Crippen MR) is 81.4 cm³/mol. The van der Waals surface area contributed by atoms with Gasteiger partial charge in [-0.2, -0.15) is 0 Å². The summed E-state index contributed by atoms with van der Waals surface area (Å²) in [5.74, 6) is -0.0294. The molecule has 1 amide bonds. The Labute approximate surface area is 124 Å². The first-order valence-electron chi connectivity index (χ1n) is 6.65. The molecule has 0 aromatic heterocycles. The summed E-state index contributed by atoms with van der Waals surface area (Å²) < 4.78 is 30.8. The van der Waals surface area contributed by atoms with E-state index in [9.17, 15) is 13.2 Å². The second-order valence-corrected chi connectivity index (χ2v) is 6.33. The van der Waals surface area contributed by atoms with Crippen molar-refractivity contribution in [2.75, 3.05) is 31.2 Å². The first-order valence-corrected chi connectivity index (χ1v) is 8.30. The maximum Gasteiger partial charge on any atom is 0.235 e. The standard InChI is InChI=1S/C13H21N3O4S/c1-2-7-15-13(17)10-16-21(18,19)9-8-20-12-5-3-11(14)4-6-12/h3-6,16H,2,7-10,14H2,1H3,(H,15,17). The molecule has 0 aliphatic carbocycles. The number of carbonyl (C=O) groups excluding carboxylic acids is 1. The van der Waals surface area contributed by atoms with Crippen LogP contribution >= 0.6 is 0 Å². The van der Waals surface area contributed by atoms with Gasteiger partial charge in [-0.15, -0.1) is 0 Å². The van der Waals surface area contributed by atoms with Crippen LogP contribution < -0.4 is 20.5 Å². The van der Waals surface area contributed by atoms with E-state index in [2.05, 4.69) is 10.0 Å². The topological polar surface area (TPSA) is 111 Å². The molecule has 1 aromatic rings. The zero-order valence-corrected chi connectivity index (χ0v) is 12.8. The molecule has 0 bridgehead atoms. The molecule has 0 aliphatic rings. The SMILES string of the molecule is CCCNC(=O)CNS(=O)(=O)CCOc1ccc(N)cc1. The molecule has 0 heterocycles. The van der Waals surface area contributed by atoms with Crippen LogP contribution in [0.1, 0.15) is 13.3 Å². The molecule has 0 saturated carbocycles. The molecule has 0 unspecified atom stereocenters. The highest BCUT2D eigenvalue weighted by Gasteiger charge is 2.12. The Kier molecular flexibility index (Phi) is 6.97. The van der Waals surface area contributed by atoms with Gasteiger partial charge in [-0.3, -0.25) is 4.79 Å². The summed E-state index contributed by atoms with van der Waals surface area (Å²) in [4.78, 5) is 11.3. The maximum atomic E-state index is 11.7. The Morgan fingerprint density at radius 2 is 1.95 bits per heavy atom. The maximum absolute atomic E-state index is 11.7. The molecule has 0 fully saturated rings. The summed E-state index contributed by atoms with van der Waals surface area (Å²) >= 11 is 0. The number of ether oxygens (including phenoxy) is 1. The Balaban J connectivity index is 2.29. The lowest BCUT2D eigenvalue weighted by molar-refractivity contribution is -0.119. The molecule has 0 radical (unpaired) electrons.